The summed E-state index contributed by atoms with van der Waals surface area (Å²) >= 11 is 4.48. The van der Waals surface area contributed by atoms with Crippen LogP contribution in [-0.2, 0) is 4.79 Å². The molecule has 0 saturated heterocycles. The Kier molecular flexibility index (Phi) is 3.10. The van der Waals surface area contributed by atoms with Gasteiger partial charge in [-0.3, -0.25) is 4.79 Å². The molecular weight excluding hydrogens is 177 g/mol. The zero-order chi connectivity index (χ0) is 8.97. The van der Waals surface area contributed by atoms with Crippen molar-refractivity contribution in [2.45, 2.75) is 0 Å². The van der Waals surface area contributed by atoms with Crippen molar-refractivity contribution in [1.82, 2.24) is 0 Å². The van der Waals surface area contributed by atoms with Gasteiger partial charge in [-0.1, -0.05) is 24.8 Å². The van der Waals surface area contributed by atoms with Crippen molar-refractivity contribution in [1.29, 1.82) is 0 Å². The minimum atomic E-state index is -0.450. The number of hydrogen-bond acceptors (Lipinski definition) is 1. The Bertz CT molecular complexity index is 290. The number of anilines is 1. The number of nitrogens with one attached hydrogen (secondary N) is 1. The largest absolute Gasteiger partial charge is 0.323 e. The number of carbonyl (C=O) groups excluding carboxylic acids is 1. The summed E-state index contributed by atoms with van der Waals surface area (Å²) in [5.41, 5.74) is 0.173. The third-order valence-corrected chi connectivity index (χ3v) is 1.54. The summed E-state index contributed by atoms with van der Waals surface area (Å²) < 4.78 is 12.8. The summed E-state index contributed by atoms with van der Waals surface area (Å²) in [6, 6.07) is 5.96. The number of rotatable bonds is 2. The molecule has 0 aromatic heterocycles. The normalized spacial score (nSPS) is 9.50. The van der Waals surface area contributed by atoms with Crippen LogP contribution in [0.3, 0.4) is 0 Å². The first kappa shape index (κ1) is 9.06. The number of para-hydroxylation sites is 1. The van der Waals surface area contributed by atoms with Crippen molar-refractivity contribution in [3.8, 4) is 0 Å². The van der Waals surface area contributed by atoms with Crippen LogP contribution in [0.2, 0.25) is 0 Å². The highest BCUT2D eigenvalue weighted by atomic mass is 32.1. The molecule has 12 heavy (non-hydrogen) atoms. The zero-order valence-electron chi connectivity index (χ0n) is 6.21. The molecule has 4 heteroatoms. The van der Waals surface area contributed by atoms with E-state index >= 15 is 0 Å². The summed E-state index contributed by atoms with van der Waals surface area (Å²) in [4.78, 5) is 10.8. The standard InChI is InChI=1S/C8H7FNOS/c9-6-3-1-2-4-7(6)10-8(11)5-12/h1-4H,5H2,(H,10,11). The summed E-state index contributed by atoms with van der Waals surface area (Å²) in [5, 5.41) is 2.34. The van der Waals surface area contributed by atoms with Crippen molar-refractivity contribution in [3.63, 3.8) is 0 Å². The van der Waals surface area contributed by atoms with Crippen LogP contribution in [-0.4, -0.2) is 11.7 Å². The summed E-state index contributed by atoms with van der Waals surface area (Å²) in [6.45, 7) is 0. The number of hydrogen-bond donors (Lipinski definition) is 1. The van der Waals surface area contributed by atoms with Crippen molar-refractivity contribution >= 4 is 24.2 Å². The maximum absolute atomic E-state index is 12.8. The first-order valence-electron chi connectivity index (χ1n) is 3.36. The maximum atomic E-state index is 12.8. The van der Waals surface area contributed by atoms with Crippen LogP contribution in [0.1, 0.15) is 0 Å². The first-order valence-corrected chi connectivity index (χ1v) is 3.94. The van der Waals surface area contributed by atoms with Crippen molar-refractivity contribution in [2.24, 2.45) is 0 Å². The Morgan fingerprint density at radius 3 is 2.75 bits per heavy atom. The molecule has 1 rings (SSSR count). The van der Waals surface area contributed by atoms with Crippen LogP contribution in [0.5, 0.6) is 0 Å². The second-order valence-corrected chi connectivity index (χ2v) is 2.46. The Morgan fingerprint density at radius 1 is 1.50 bits per heavy atom. The molecule has 1 radical (unpaired) electrons. The van der Waals surface area contributed by atoms with Gasteiger partial charge < -0.3 is 5.32 Å². The lowest BCUT2D eigenvalue weighted by Gasteiger charge is -2.02. The van der Waals surface area contributed by atoms with Gasteiger partial charge in [-0.05, 0) is 12.1 Å². The summed E-state index contributed by atoms with van der Waals surface area (Å²) in [7, 11) is 0. The number of amides is 1. The molecule has 0 fully saturated rings. The monoisotopic (exact) mass is 184 g/mol. The van der Waals surface area contributed by atoms with Crippen LogP contribution in [0.15, 0.2) is 24.3 Å². The molecule has 0 aliphatic heterocycles. The highest BCUT2D eigenvalue weighted by Crippen LogP contribution is 2.11. The van der Waals surface area contributed by atoms with E-state index in [1.165, 1.54) is 12.1 Å². The molecule has 0 heterocycles. The molecule has 1 amide bonds. The number of carbonyl (C=O) groups is 1. The van der Waals surface area contributed by atoms with Crippen LogP contribution < -0.4 is 5.32 Å². The number of halogens is 1. The molecule has 0 atom stereocenters. The smallest absolute Gasteiger partial charge is 0.235 e. The van der Waals surface area contributed by atoms with E-state index in [0.717, 1.165) is 0 Å². The maximum Gasteiger partial charge on any atom is 0.235 e. The topological polar surface area (TPSA) is 29.1 Å². The Balaban J connectivity index is 2.75. The highest BCUT2D eigenvalue weighted by Gasteiger charge is 2.03. The van der Waals surface area contributed by atoms with Gasteiger partial charge in [0.05, 0.1) is 11.4 Å². The SMILES string of the molecule is O=C(C[S])Nc1ccccc1F. The fraction of sp³-hybridized carbons (Fsp3) is 0.125. The zero-order valence-corrected chi connectivity index (χ0v) is 7.03. The van der Waals surface area contributed by atoms with E-state index in [0.29, 0.717) is 0 Å². The first-order chi connectivity index (χ1) is 5.74. The van der Waals surface area contributed by atoms with Crippen molar-refractivity contribution < 1.29 is 9.18 Å². The van der Waals surface area contributed by atoms with Gasteiger partial charge in [0, 0.05) is 0 Å². The molecule has 1 aromatic carbocycles. The summed E-state index contributed by atoms with van der Waals surface area (Å²) in [5.74, 6) is -0.877. The minimum Gasteiger partial charge on any atom is -0.323 e. The van der Waals surface area contributed by atoms with E-state index in [1.807, 2.05) is 0 Å². The molecule has 0 aliphatic carbocycles. The minimum absolute atomic E-state index is 0.0612. The van der Waals surface area contributed by atoms with Crippen molar-refractivity contribution in [2.75, 3.05) is 11.1 Å². The van der Waals surface area contributed by atoms with Gasteiger partial charge in [0.1, 0.15) is 5.82 Å². The van der Waals surface area contributed by atoms with E-state index in [4.69, 9.17) is 0 Å². The lowest BCUT2D eigenvalue weighted by Crippen LogP contribution is -2.13. The molecule has 1 aromatic rings. The second-order valence-electron chi connectivity index (χ2n) is 2.17. The van der Waals surface area contributed by atoms with E-state index in [2.05, 4.69) is 17.9 Å². The lowest BCUT2D eigenvalue weighted by atomic mass is 10.3. The fourth-order valence-electron chi connectivity index (χ4n) is 0.749. The van der Waals surface area contributed by atoms with Crippen LogP contribution >= 0.6 is 12.6 Å². The average molecular weight is 184 g/mol. The van der Waals surface area contributed by atoms with E-state index < -0.39 is 5.82 Å². The number of benzene rings is 1. The molecule has 1 N–H and O–H groups in total. The van der Waals surface area contributed by atoms with Crippen LogP contribution in [0, 0.1) is 5.82 Å². The third-order valence-electron chi connectivity index (χ3n) is 1.28. The molecule has 0 unspecified atom stereocenters. The Hall–Kier alpha value is -1.03. The summed E-state index contributed by atoms with van der Waals surface area (Å²) in [6.07, 6.45) is 0. The van der Waals surface area contributed by atoms with Gasteiger partial charge in [-0.15, -0.1) is 0 Å². The molecule has 0 aliphatic rings. The molecule has 63 valence electrons. The second kappa shape index (κ2) is 4.11. The van der Waals surface area contributed by atoms with Gasteiger partial charge in [-0.25, -0.2) is 4.39 Å². The van der Waals surface area contributed by atoms with Crippen LogP contribution in [0.25, 0.3) is 0 Å². The van der Waals surface area contributed by atoms with Gasteiger partial charge in [0.15, 0.2) is 0 Å². The van der Waals surface area contributed by atoms with Crippen molar-refractivity contribution in [3.05, 3.63) is 30.1 Å². The van der Waals surface area contributed by atoms with Gasteiger partial charge in [-0.2, -0.15) is 0 Å². The van der Waals surface area contributed by atoms with Gasteiger partial charge >= 0.3 is 0 Å². The lowest BCUT2D eigenvalue weighted by molar-refractivity contribution is -0.113. The quantitative estimate of drug-likeness (QED) is 0.748. The Labute approximate surface area is 75.2 Å². The van der Waals surface area contributed by atoms with Crippen LogP contribution in [0.4, 0.5) is 10.1 Å². The fourth-order valence-corrected chi connectivity index (χ4v) is 0.821. The Morgan fingerprint density at radius 2 is 2.17 bits per heavy atom. The van der Waals surface area contributed by atoms with E-state index in [-0.39, 0.29) is 17.3 Å². The predicted molar refractivity (Wildman–Crippen MR) is 47.5 cm³/mol. The highest BCUT2D eigenvalue weighted by molar-refractivity contribution is 7.81. The third kappa shape index (κ3) is 2.23. The molecule has 0 bridgehead atoms. The van der Waals surface area contributed by atoms with Gasteiger partial charge in [0.25, 0.3) is 0 Å². The van der Waals surface area contributed by atoms with E-state index in [9.17, 15) is 9.18 Å². The molecular formula is C8H7FNOS. The average Bonchev–Trinajstić information content (AvgIpc) is 2.09. The van der Waals surface area contributed by atoms with E-state index in [1.54, 1.807) is 12.1 Å². The van der Waals surface area contributed by atoms with Gasteiger partial charge in [0.2, 0.25) is 5.91 Å². The molecule has 0 spiro atoms. The molecule has 0 saturated carbocycles. The molecule has 2 nitrogen and oxygen atoms in total. The predicted octanol–water partition coefficient (Wildman–Crippen LogP) is 1.96.